The first-order chi connectivity index (χ1) is 15.8. The van der Waals surface area contributed by atoms with Crippen LogP contribution in [0.3, 0.4) is 0 Å². The minimum Gasteiger partial charge on any atom is -0.490 e. The van der Waals surface area contributed by atoms with Gasteiger partial charge in [0.15, 0.2) is 11.5 Å². The fourth-order valence-corrected chi connectivity index (χ4v) is 3.92. The monoisotopic (exact) mass is 494 g/mol. The Hall–Kier alpha value is -2.44. The quantitative estimate of drug-likeness (QED) is 0.435. The summed E-state index contributed by atoms with van der Waals surface area (Å²) >= 11 is 12.7. The zero-order chi connectivity index (χ0) is 24.4. The first-order valence-corrected chi connectivity index (χ1v) is 12.0. The normalized spacial score (nSPS) is 11.6. The van der Waals surface area contributed by atoms with Crippen molar-refractivity contribution in [3.8, 4) is 11.5 Å². The number of nitrogens with one attached hydrogen (secondary N) is 1. The van der Waals surface area contributed by atoms with Crippen LogP contribution in [0.5, 0.6) is 11.5 Å². The molecule has 0 aliphatic rings. The van der Waals surface area contributed by atoms with Crippen LogP contribution in [0.4, 0.5) is 0 Å². The Labute approximate surface area is 206 Å². The van der Waals surface area contributed by atoms with Crippen molar-refractivity contribution in [1.82, 2.24) is 10.2 Å². The average Bonchev–Trinajstić information content (AvgIpc) is 2.79. The van der Waals surface area contributed by atoms with Gasteiger partial charge in [0.05, 0.1) is 13.2 Å². The summed E-state index contributed by atoms with van der Waals surface area (Å²) in [7, 11) is 0. The van der Waals surface area contributed by atoms with Gasteiger partial charge in [-0.15, -0.1) is 0 Å². The Balaban J connectivity index is 2.22. The fraction of sp³-hybridized carbons (Fsp3) is 0.440. The highest BCUT2D eigenvalue weighted by molar-refractivity contribution is 6.36. The van der Waals surface area contributed by atoms with Crippen molar-refractivity contribution in [2.24, 2.45) is 0 Å². The van der Waals surface area contributed by atoms with E-state index in [9.17, 15) is 9.59 Å². The van der Waals surface area contributed by atoms with E-state index < -0.39 is 6.04 Å². The highest BCUT2D eigenvalue weighted by Gasteiger charge is 2.27. The fourth-order valence-electron chi connectivity index (χ4n) is 3.40. The zero-order valence-electron chi connectivity index (χ0n) is 19.6. The highest BCUT2D eigenvalue weighted by Crippen LogP contribution is 2.30. The Morgan fingerprint density at radius 2 is 1.64 bits per heavy atom. The van der Waals surface area contributed by atoms with Crippen molar-refractivity contribution in [2.75, 3.05) is 19.8 Å². The maximum atomic E-state index is 13.3. The third-order valence-corrected chi connectivity index (χ3v) is 5.85. The van der Waals surface area contributed by atoms with E-state index in [1.165, 1.54) is 4.90 Å². The lowest BCUT2D eigenvalue weighted by molar-refractivity contribution is -0.140. The molecule has 0 aliphatic heterocycles. The van der Waals surface area contributed by atoms with Gasteiger partial charge in [-0.25, -0.2) is 0 Å². The van der Waals surface area contributed by atoms with E-state index in [1.54, 1.807) is 25.1 Å². The summed E-state index contributed by atoms with van der Waals surface area (Å²) in [5.74, 6) is 0.930. The summed E-state index contributed by atoms with van der Waals surface area (Å²) in [6.07, 6.45) is 0.700. The molecule has 2 amide bonds. The molecule has 2 aromatic rings. The number of hydrogen-bond acceptors (Lipinski definition) is 4. The number of carbonyl (C=O) groups is 2. The molecule has 33 heavy (non-hydrogen) atoms. The number of carbonyl (C=O) groups excluding carboxylic acids is 2. The van der Waals surface area contributed by atoms with Crippen molar-refractivity contribution in [2.45, 2.75) is 53.1 Å². The Bertz CT molecular complexity index is 932. The second kappa shape index (κ2) is 13.3. The lowest BCUT2D eigenvalue weighted by Gasteiger charge is -2.29. The molecule has 0 aliphatic carbocycles. The van der Waals surface area contributed by atoms with Crippen LogP contribution in [-0.2, 0) is 22.6 Å². The molecule has 6 nitrogen and oxygen atoms in total. The topological polar surface area (TPSA) is 67.9 Å². The van der Waals surface area contributed by atoms with Gasteiger partial charge in [0.1, 0.15) is 6.04 Å². The van der Waals surface area contributed by atoms with Gasteiger partial charge in [-0.05, 0) is 63.9 Å². The molecule has 2 rings (SSSR count). The molecule has 0 heterocycles. The van der Waals surface area contributed by atoms with E-state index in [2.05, 4.69) is 5.32 Å². The number of benzene rings is 2. The van der Waals surface area contributed by atoms with Crippen LogP contribution in [0, 0.1) is 0 Å². The lowest BCUT2D eigenvalue weighted by Crippen LogP contribution is -2.47. The number of aryl methyl sites for hydroxylation is 1. The van der Waals surface area contributed by atoms with Gasteiger partial charge in [-0.2, -0.15) is 0 Å². The molecule has 0 saturated heterocycles. The lowest BCUT2D eigenvalue weighted by atomic mass is 10.1. The van der Waals surface area contributed by atoms with Gasteiger partial charge >= 0.3 is 0 Å². The summed E-state index contributed by atoms with van der Waals surface area (Å²) in [6, 6.07) is 10.2. The van der Waals surface area contributed by atoms with E-state index in [0.717, 1.165) is 5.56 Å². The maximum absolute atomic E-state index is 13.3. The molecule has 8 heteroatoms. The van der Waals surface area contributed by atoms with Crippen molar-refractivity contribution in [3.05, 3.63) is 57.6 Å². The van der Waals surface area contributed by atoms with Crippen molar-refractivity contribution in [3.63, 3.8) is 0 Å². The summed E-state index contributed by atoms with van der Waals surface area (Å²) in [5.41, 5.74) is 1.56. The van der Waals surface area contributed by atoms with Gasteiger partial charge in [0.2, 0.25) is 11.8 Å². The molecule has 0 spiro atoms. The molecule has 1 unspecified atom stereocenters. The molecule has 0 aromatic heterocycles. The van der Waals surface area contributed by atoms with Gasteiger partial charge in [-0.1, -0.05) is 35.3 Å². The number of rotatable bonds is 12. The van der Waals surface area contributed by atoms with Gasteiger partial charge in [0, 0.05) is 35.1 Å². The Morgan fingerprint density at radius 3 is 2.24 bits per heavy atom. The van der Waals surface area contributed by atoms with Crippen LogP contribution in [0.15, 0.2) is 36.4 Å². The van der Waals surface area contributed by atoms with Gasteiger partial charge < -0.3 is 19.7 Å². The molecule has 0 fully saturated rings. The third-order valence-electron chi connectivity index (χ3n) is 5.14. The summed E-state index contributed by atoms with van der Waals surface area (Å²) in [4.78, 5) is 27.3. The van der Waals surface area contributed by atoms with Gasteiger partial charge in [-0.3, -0.25) is 9.59 Å². The predicted octanol–water partition coefficient (Wildman–Crippen LogP) is 5.28. The first kappa shape index (κ1) is 26.8. The third kappa shape index (κ3) is 7.54. The Kier molecular flexibility index (Phi) is 10.8. The molecule has 0 radical (unpaired) electrons. The van der Waals surface area contributed by atoms with E-state index in [1.807, 2.05) is 39.0 Å². The van der Waals surface area contributed by atoms with Crippen molar-refractivity contribution in [1.29, 1.82) is 0 Å². The summed E-state index contributed by atoms with van der Waals surface area (Å²) in [5, 5.41) is 3.69. The predicted molar refractivity (Wildman–Crippen MR) is 132 cm³/mol. The molecular formula is C25H32Cl2N2O4. The number of likely N-dealkylation sites (N-methyl/N-ethyl adjacent to an activating group) is 1. The smallest absolute Gasteiger partial charge is 0.242 e. The maximum Gasteiger partial charge on any atom is 0.242 e. The number of ether oxygens (including phenoxy) is 2. The van der Waals surface area contributed by atoms with Crippen LogP contribution < -0.4 is 14.8 Å². The van der Waals surface area contributed by atoms with Crippen LogP contribution in [0.25, 0.3) is 0 Å². The summed E-state index contributed by atoms with van der Waals surface area (Å²) in [6.45, 7) is 9.04. The van der Waals surface area contributed by atoms with Crippen LogP contribution in [0.2, 0.25) is 10.0 Å². The van der Waals surface area contributed by atoms with Gasteiger partial charge in [0.25, 0.3) is 0 Å². The zero-order valence-corrected chi connectivity index (χ0v) is 21.1. The molecule has 0 saturated carbocycles. The second-order valence-electron chi connectivity index (χ2n) is 7.44. The molecule has 1 N–H and O–H groups in total. The van der Waals surface area contributed by atoms with Crippen LogP contribution >= 0.6 is 23.2 Å². The SMILES string of the molecule is CCNC(=O)C(C)N(Cc1c(Cl)cccc1Cl)C(=O)CCc1ccc(OCC)c(OCC)c1. The number of halogens is 2. The standard InChI is InChI=1S/C25H32Cl2N2O4/c1-5-28-25(31)17(4)29(16-19-20(26)9-8-10-21(19)27)24(30)14-12-18-11-13-22(32-6-2)23(15-18)33-7-3/h8-11,13,15,17H,5-7,12,14,16H2,1-4H3,(H,28,31). The minimum absolute atomic E-state index is 0.142. The molecular weight excluding hydrogens is 463 g/mol. The molecule has 180 valence electrons. The van der Waals surface area contributed by atoms with E-state index >= 15 is 0 Å². The van der Waals surface area contributed by atoms with E-state index in [-0.39, 0.29) is 24.8 Å². The van der Waals surface area contributed by atoms with Crippen LogP contribution in [0.1, 0.15) is 45.2 Å². The van der Waals surface area contributed by atoms with Crippen molar-refractivity contribution >= 4 is 35.0 Å². The van der Waals surface area contributed by atoms with Crippen LogP contribution in [-0.4, -0.2) is 42.5 Å². The number of nitrogens with zero attached hydrogens (tertiary/aromatic N) is 1. The Morgan fingerprint density at radius 1 is 1.00 bits per heavy atom. The minimum atomic E-state index is -0.677. The molecule has 0 bridgehead atoms. The first-order valence-electron chi connectivity index (χ1n) is 11.2. The van der Waals surface area contributed by atoms with Crippen molar-refractivity contribution < 1.29 is 19.1 Å². The van der Waals surface area contributed by atoms with E-state index in [4.69, 9.17) is 32.7 Å². The molecule has 2 aromatic carbocycles. The molecule has 1 atom stereocenters. The summed E-state index contributed by atoms with van der Waals surface area (Å²) < 4.78 is 11.3. The average molecular weight is 495 g/mol. The second-order valence-corrected chi connectivity index (χ2v) is 8.25. The number of hydrogen-bond donors (Lipinski definition) is 1. The van der Waals surface area contributed by atoms with E-state index in [0.29, 0.717) is 53.3 Å². The largest absolute Gasteiger partial charge is 0.490 e. The number of amides is 2. The highest BCUT2D eigenvalue weighted by atomic mass is 35.5.